The minimum Gasteiger partial charge on any atom is -0.352 e. The fourth-order valence-electron chi connectivity index (χ4n) is 3.31. The molecule has 24 heavy (non-hydrogen) atoms. The molecular weight excluding hydrogens is 314 g/mol. The summed E-state index contributed by atoms with van der Waals surface area (Å²) in [6.07, 6.45) is 5.12. The van der Waals surface area contributed by atoms with Gasteiger partial charge < -0.3 is 5.32 Å². The van der Waals surface area contributed by atoms with Crippen molar-refractivity contribution in [1.82, 2.24) is 5.32 Å². The summed E-state index contributed by atoms with van der Waals surface area (Å²) >= 11 is 1.64. The Labute approximate surface area is 148 Å². The van der Waals surface area contributed by atoms with Crippen LogP contribution in [0, 0.1) is 11.8 Å². The standard InChI is InChI=1S/C21H23NOS/c23-21(22-19(15-11-12-15)16-13-14-16)20(17-7-3-1-4-8-17)24-18-9-5-2-6-10-18/h1-10,15-16,19-20H,11-14H2,(H,22,23). The Kier molecular flexibility index (Phi) is 4.61. The van der Waals surface area contributed by atoms with Gasteiger partial charge in [-0.3, -0.25) is 4.79 Å². The fourth-order valence-corrected chi connectivity index (χ4v) is 4.36. The van der Waals surface area contributed by atoms with Crippen molar-refractivity contribution in [3.8, 4) is 0 Å². The zero-order chi connectivity index (χ0) is 16.4. The van der Waals surface area contributed by atoms with Crippen molar-refractivity contribution in [2.45, 2.75) is 41.9 Å². The molecule has 2 nitrogen and oxygen atoms in total. The number of rotatable bonds is 7. The molecule has 124 valence electrons. The summed E-state index contributed by atoms with van der Waals surface area (Å²) in [4.78, 5) is 14.2. The van der Waals surface area contributed by atoms with Gasteiger partial charge in [0.1, 0.15) is 5.25 Å². The third-order valence-corrected chi connectivity index (χ3v) is 6.17. The van der Waals surface area contributed by atoms with E-state index in [-0.39, 0.29) is 11.2 Å². The molecule has 0 saturated heterocycles. The highest BCUT2D eigenvalue weighted by atomic mass is 32.2. The van der Waals surface area contributed by atoms with Gasteiger partial charge >= 0.3 is 0 Å². The van der Waals surface area contributed by atoms with Crippen molar-refractivity contribution < 1.29 is 4.79 Å². The predicted octanol–water partition coefficient (Wildman–Crippen LogP) is 4.82. The van der Waals surface area contributed by atoms with E-state index < -0.39 is 0 Å². The Morgan fingerprint density at radius 1 is 0.875 bits per heavy atom. The average molecular weight is 337 g/mol. The lowest BCUT2D eigenvalue weighted by molar-refractivity contribution is -0.121. The van der Waals surface area contributed by atoms with Crippen molar-refractivity contribution in [2.75, 3.05) is 0 Å². The van der Waals surface area contributed by atoms with Gasteiger partial charge in [-0.2, -0.15) is 0 Å². The zero-order valence-electron chi connectivity index (χ0n) is 13.7. The van der Waals surface area contributed by atoms with Gasteiger partial charge in [0.25, 0.3) is 0 Å². The molecule has 1 unspecified atom stereocenters. The normalized spacial score (nSPS) is 18.4. The lowest BCUT2D eigenvalue weighted by Gasteiger charge is -2.23. The summed E-state index contributed by atoms with van der Waals surface area (Å²) in [5, 5.41) is 3.21. The van der Waals surface area contributed by atoms with Crippen LogP contribution >= 0.6 is 11.8 Å². The van der Waals surface area contributed by atoms with Crippen LogP contribution in [0.15, 0.2) is 65.6 Å². The van der Waals surface area contributed by atoms with E-state index in [2.05, 4.69) is 29.6 Å². The van der Waals surface area contributed by atoms with Crippen LogP contribution < -0.4 is 5.32 Å². The van der Waals surface area contributed by atoms with Crippen LogP contribution in [0.3, 0.4) is 0 Å². The van der Waals surface area contributed by atoms with Crippen LogP contribution in [0.1, 0.15) is 36.5 Å². The molecule has 0 spiro atoms. The fraction of sp³-hybridized carbons (Fsp3) is 0.381. The van der Waals surface area contributed by atoms with E-state index in [0.29, 0.717) is 6.04 Å². The molecule has 2 aliphatic carbocycles. The van der Waals surface area contributed by atoms with E-state index >= 15 is 0 Å². The number of hydrogen-bond acceptors (Lipinski definition) is 2. The molecule has 2 fully saturated rings. The van der Waals surface area contributed by atoms with Crippen LogP contribution in [0.25, 0.3) is 0 Å². The molecule has 1 N–H and O–H groups in total. The van der Waals surface area contributed by atoms with Gasteiger partial charge in [-0.25, -0.2) is 0 Å². The highest BCUT2D eigenvalue weighted by molar-refractivity contribution is 8.00. The molecule has 0 aliphatic heterocycles. The van der Waals surface area contributed by atoms with Gasteiger partial charge in [0.05, 0.1) is 0 Å². The largest absolute Gasteiger partial charge is 0.352 e. The second kappa shape index (κ2) is 7.02. The number of amides is 1. The van der Waals surface area contributed by atoms with Crippen LogP contribution in [0.5, 0.6) is 0 Å². The third-order valence-electron chi connectivity index (χ3n) is 4.91. The molecule has 0 radical (unpaired) electrons. The molecule has 0 bridgehead atoms. The van der Waals surface area contributed by atoms with Crippen molar-refractivity contribution in [2.24, 2.45) is 11.8 Å². The smallest absolute Gasteiger partial charge is 0.238 e. The summed E-state index contributed by atoms with van der Waals surface area (Å²) in [6, 6.07) is 20.8. The van der Waals surface area contributed by atoms with Crippen LogP contribution in [0.2, 0.25) is 0 Å². The number of nitrogens with one attached hydrogen (secondary N) is 1. The minimum atomic E-state index is -0.186. The topological polar surface area (TPSA) is 29.1 Å². The van der Waals surface area contributed by atoms with Crippen molar-refractivity contribution in [1.29, 1.82) is 0 Å². The molecule has 0 heterocycles. The third kappa shape index (κ3) is 3.84. The van der Waals surface area contributed by atoms with Crippen LogP contribution in [-0.2, 0) is 4.79 Å². The first-order valence-electron chi connectivity index (χ1n) is 8.88. The molecule has 2 aromatic rings. The highest BCUT2D eigenvalue weighted by Gasteiger charge is 2.43. The lowest BCUT2D eigenvalue weighted by atomic mass is 10.1. The quantitative estimate of drug-likeness (QED) is 0.734. The Hall–Kier alpha value is -1.74. The molecule has 2 aromatic carbocycles. The molecule has 1 atom stereocenters. The molecule has 2 saturated carbocycles. The van der Waals surface area contributed by atoms with Gasteiger partial charge in [-0.15, -0.1) is 11.8 Å². The first-order valence-corrected chi connectivity index (χ1v) is 9.76. The van der Waals surface area contributed by atoms with E-state index in [1.165, 1.54) is 25.7 Å². The van der Waals surface area contributed by atoms with E-state index in [0.717, 1.165) is 22.3 Å². The monoisotopic (exact) mass is 337 g/mol. The maximum atomic E-state index is 13.1. The maximum absolute atomic E-state index is 13.1. The highest BCUT2D eigenvalue weighted by Crippen LogP contribution is 2.45. The molecular formula is C21H23NOS. The Bertz CT molecular complexity index is 667. The van der Waals surface area contributed by atoms with Gasteiger partial charge in [0, 0.05) is 10.9 Å². The predicted molar refractivity (Wildman–Crippen MR) is 98.9 cm³/mol. The number of thioether (sulfide) groups is 1. The number of hydrogen-bond donors (Lipinski definition) is 1. The van der Waals surface area contributed by atoms with E-state index in [9.17, 15) is 4.79 Å². The zero-order valence-corrected chi connectivity index (χ0v) is 14.5. The maximum Gasteiger partial charge on any atom is 0.238 e. The van der Waals surface area contributed by atoms with E-state index in [1.54, 1.807) is 11.8 Å². The molecule has 0 aromatic heterocycles. The van der Waals surface area contributed by atoms with Crippen molar-refractivity contribution in [3.63, 3.8) is 0 Å². The molecule has 4 rings (SSSR count). The van der Waals surface area contributed by atoms with Gasteiger partial charge in [-0.05, 0) is 55.2 Å². The molecule has 3 heteroatoms. The average Bonchev–Trinajstić information content (AvgIpc) is 3.52. The Morgan fingerprint density at radius 3 is 1.96 bits per heavy atom. The van der Waals surface area contributed by atoms with E-state index in [4.69, 9.17) is 0 Å². The lowest BCUT2D eigenvalue weighted by Crippen LogP contribution is -2.40. The first kappa shape index (κ1) is 15.8. The van der Waals surface area contributed by atoms with Gasteiger partial charge in [0.2, 0.25) is 5.91 Å². The van der Waals surface area contributed by atoms with Gasteiger partial charge in [0.15, 0.2) is 0 Å². The van der Waals surface area contributed by atoms with E-state index in [1.807, 2.05) is 36.4 Å². The van der Waals surface area contributed by atoms with Crippen LogP contribution in [0.4, 0.5) is 0 Å². The Morgan fingerprint density at radius 2 is 1.42 bits per heavy atom. The SMILES string of the molecule is O=C(NC(C1CC1)C1CC1)C(Sc1ccccc1)c1ccccc1. The molecule has 2 aliphatic rings. The second-order valence-electron chi connectivity index (χ2n) is 6.93. The molecule has 1 amide bonds. The minimum absolute atomic E-state index is 0.166. The van der Waals surface area contributed by atoms with Crippen LogP contribution in [-0.4, -0.2) is 11.9 Å². The summed E-state index contributed by atoms with van der Waals surface area (Å²) in [6.45, 7) is 0. The first-order chi connectivity index (χ1) is 11.8. The number of carbonyl (C=O) groups is 1. The summed E-state index contributed by atoms with van der Waals surface area (Å²) in [7, 11) is 0. The summed E-state index contributed by atoms with van der Waals surface area (Å²) in [5.41, 5.74) is 1.08. The van der Waals surface area contributed by atoms with Crippen molar-refractivity contribution in [3.05, 3.63) is 66.2 Å². The van der Waals surface area contributed by atoms with Crippen molar-refractivity contribution >= 4 is 17.7 Å². The Balaban J connectivity index is 1.53. The summed E-state index contributed by atoms with van der Waals surface area (Å²) in [5.74, 6) is 1.61. The number of carbonyl (C=O) groups excluding carboxylic acids is 1. The van der Waals surface area contributed by atoms with Gasteiger partial charge in [-0.1, -0.05) is 48.5 Å². The number of benzene rings is 2. The second-order valence-corrected chi connectivity index (χ2v) is 8.11. The summed E-state index contributed by atoms with van der Waals surface area (Å²) < 4.78 is 0.